The maximum atomic E-state index is 11.6. The Balaban J connectivity index is 2.16. The topological polar surface area (TPSA) is 75.2 Å². The number of aromatic hydroxyl groups is 1. The van der Waals surface area contributed by atoms with E-state index in [2.05, 4.69) is 9.97 Å². The number of aromatic amines is 1. The van der Waals surface area contributed by atoms with E-state index in [1.165, 1.54) is 25.4 Å². The summed E-state index contributed by atoms with van der Waals surface area (Å²) in [4.78, 5) is 18.2. The minimum atomic E-state index is -0.216. The summed E-state index contributed by atoms with van der Waals surface area (Å²) >= 11 is 0. The molecule has 2 rings (SSSR count). The molecule has 0 saturated heterocycles. The zero-order valence-electron chi connectivity index (χ0n) is 9.75. The minimum absolute atomic E-state index is 0.0620. The maximum absolute atomic E-state index is 11.6. The fraction of sp³-hybridized carbons (Fsp3) is 0.0769. The lowest BCUT2D eigenvalue weighted by atomic mass is 10.1. The van der Waals surface area contributed by atoms with E-state index in [1.54, 1.807) is 24.4 Å². The fourth-order valence-electron chi connectivity index (χ4n) is 1.45. The van der Waals surface area contributed by atoms with E-state index in [4.69, 9.17) is 4.74 Å². The first-order valence-electron chi connectivity index (χ1n) is 5.29. The van der Waals surface area contributed by atoms with Crippen molar-refractivity contribution in [3.63, 3.8) is 0 Å². The Kier molecular flexibility index (Phi) is 3.43. The summed E-state index contributed by atoms with van der Waals surface area (Å²) in [7, 11) is 1.47. The molecular weight excluding hydrogens is 232 g/mol. The van der Waals surface area contributed by atoms with Crippen LogP contribution in [0.2, 0.25) is 0 Å². The number of aromatic nitrogens is 2. The van der Waals surface area contributed by atoms with Gasteiger partial charge in [-0.05, 0) is 23.8 Å². The van der Waals surface area contributed by atoms with Crippen LogP contribution in [0.5, 0.6) is 11.5 Å². The van der Waals surface area contributed by atoms with Gasteiger partial charge in [0.05, 0.1) is 7.11 Å². The van der Waals surface area contributed by atoms with Crippen molar-refractivity contribution >= 4 is 11.9 Å². The van der Waals surface area contributed by atoms with Crippen LogP contribution >= 0.6 is 0 Å². The first-order valence-corrected chi connectivity index (χ1v) is 5.29. The molecule has 0 aliphatic carbocycles. The van der Waals surface area contributed by atoms with E-state index in [1.807, 2.05) is 0 Å². The number of methoxy groups -OCH3 is 1. The van der Waals surface area contributed by atoms with E-state index in [9.17, 15) is 9.90 Å². The second-order valence-corrected chi connectivity index (χ2v) is 3.57. The van der Waals surface area contributed by atoms with Crippen LogP contribution in [-0.4, -0.2) is 28.0 Å². The number of hydrogen-bond donors (Lipinski definition) is 2. The van der Waals surface area contributed by atoms with Crippen molar-refractivity contribution < 1.29 is 14.6 Å². The molecule has 0 aliphatic rings. The van der Waals surface area contributed by atoms with Crippen molar-refractivity contribution in [3.05, 3.63) is 48.1 Å². The largest absolute Gasteiger partial charge is 0.504 e. The number of phenolic OH excluding ortho intramolecular Hbond substituents is 1. The number of ketones is 1. The summed E-state index contributed by atoms with van der Waals surface area (Å²) in [5, 5.41) is 9.43. The normalized spacial score (nSPS) is 10.7. The number of H-pyrrole nitrogens is 1. The molecule has 0 radical (unpaired) electrons. The smallest absolute Gasteiger partial charge is 0.221 e. The van der Waals surface area contributed by atoms with E-state index in [0.29, 0.717) is 5.75 Å². The number of benzene rings is 1. The first kappa shape index (κ1) is 11.9. The Morgan fingerprint density at radius 1 is 1.50 bits per heavy atom. The standard InChI is InChI=1S/C13H12N2O3/c1-18-12-8-9(2-4-10(12)16)3-5-11(17)13-14-6-7-15-13/h2-8,16H,1H3,(H,14,15). The van der Waals surface area contributed by atoms with Crippen LogP contribution in [0.3, 0.4) is 0 Å². The van der Waals surface area contributed by atoms with E-state index >= 15 is 0 Å². The number of ether oxygens (including phenoxy) is 1. The molecule has 0 fully saturated rings. The molecule has 2 N–H and O–H groups in total. The van der Waals surface area contributed by atoms with Crippen LogP contribution < -0.4 is 4.74 Å². The molecule has 1 heterocycles. The zero-order valence-corrected chi connectivity index (χ0v) is 9.75. The molecule has 0 aliphatic heterocycles. The van der Waals surface area contributed by atoms with Crippen molar-refractivity contribution in [2.75, 3.05) is 7.11 Å². The van der Waals surface area contributed by atoms with E-state index in [0.717, 1.165) is 5.56 Å². The fourth-order valence-corrected chi connectivity index (χ4v) is 1.45. The lowest BCUT2D eigenvalue weighted by Crippen LogP contribution is -1.96. The van der Waals surface area contributed by atoms with Crippen LogP contribution in [-0.2, 0) is 0 Å². The van der Waals surface area contributed by atoms with Crippen molar-refractivity contribution in [1.29, 1.82) is 0 Å². The predicted molar refractivity (Wildman–Crippen MR) is 66.6 cm³/mol. The highest BCUT2D eigenvalue weighted by molar-refractivity contribution is 6.04. The second kappa shape index (κ2) is 5.18. The average molecular weight is 244 g/mol. The Labute approximate surface area is 104 Å². The maximum Gasteiger partial charge on any atom is 0.221 e. The SMILES string of the molecule is COc1cc(C=CC(=O)c2ncc[nH]2)ccc1O. The van der Waals surface area contributed by atoms with E-state index < -0.39 is 0 Å². The molecule has 18 heavy (non-hydrogen) atoms. The molecule has 1 aromatic carbocycles. The van der Waals surface area contributed by atoms with Gasteiger partial charge in [0.25, 0.3) is 0 Å². The summed E-state index contributed by atoms with van der Waals surface area (Å²) in [6.45, 7) is 0. The Morgan fingerprint density at radius 2 is 2.33 bits per heavy atom. The highest BCUT2D eigenvalue weighted by atomic mass is 16.5. The van der Waals surface area contributed by atoms with Crippen LogP contribution in [0.25, 0.3) is 6.08 Å². The lowest BCUT2D eigenvalue weighted by molar-refractivity contribution is 0.103. The van der Waals surface area contributed by atoms with Gasteiger partial charge in [-0.25, -0.2) is 4.98 Å². The number of imidazole rings is 1. The molecule has 0 unspecified atom stereocenters. The van der Waals surface area contributed by atoms with Gasteiger partial charge >= 0.3 is 0 Å². The highest BCUT2D eigenvalue weighted by Gasteiger charge is 2.04. The van der Waals surface area contributed by atoms with Gasteiger partial charge < -0.3 is 14.8 Å². The molecule has 92 valence electrons. The van der Waals surface area contributed by atoms with Crippen LogP contribution in [0.1, 0.15) is 16.2 Å². The van der Waals surface area contributed by atoms with Gasteiger partial charge in [-0.15, -0.1) is 0 Å². The number of hydrogen-bond acceptors (Lipinski definition) is 4. The summed E-state index contributed by atoms with van der Waals surface area (Å²) in [6, 6.07) is 4.83. The summed E-state index contributed by atoms with van der Waals surface area (Å²) < 4.78 is 4.98. The van der Waals surface area contributed by atoms with Crippen molar-refractivity contribution in [3.8, 4) is 11.5 Å². The third-order valence-electron chi connectivity index (χ3n) is 2.36. The average Bonchev–Trinajstić information content (AvgIpc) is 2.91. The van der Waals surface area contributed by atoms with Gasteiger partial charge in [0.1, 0.15) is 0 Å². The third-order valence-corrected chi connectivity index (χ3v) is 2.36. The van der Waals surface area contributed by atoms with Crippen molar-refractivity contribution in [2.45, 2.75) is 0 Å². The van der Waals surface area contributed by atoms with Crippen LogP contribution in [0, 0.1) is 0 Å². The van der Waals surface area contributed by atoms with Gasteiger partial charge in [-0.3, -0.25) is 4.79 Å². The summed E-state index contributed by atoms with van der Waals surface area (Å²) in [5.41, 5.74) is 0.754. The minimum Gasteiger partial charge on any atom is -0.504 e. The van der Waals surface area contributed by atoms with Gasteiger partial charge in [-0.2, -0.15) is 0 Å². The van der Waals surface area contributed by atoms with Gasteiger partial charge in [-0.1, -0.05) is 12.1 Å². The molecule has 5 nitrogen and oxygen atoms in total. The molecular formula is C13H12N2O3. The van der Waals surface area contributed by atoms with Gasteiger partial charge in [0, 0.05) is 12.4 Å². The molecule has 5 heteroatoms. The Bertz CT molecular complexity index is 574. The number of carbonyl (C=O) groups excluding carboxylic acids is 1. The zero-order chi connectivity index (χ0) is 13.0. The lowest BCUT2D eigenvalue weighted by Gasteiger charge is -2.03. The monoisotopic (exact) mass is 244 g/mol. The number of carbonyl (C=O) groups is 1. The van der Waals surface area contributed by atoms with Crippen molar-refractivity contribution in [2.24, 2.45) is 0 Å². The molecule has 0 atom stereocenters. The molecule has 1 aromatic heterocycles. The number of nitrogens with zero attached hydrogens (tertiary/aromatic N) is 1. The summed E-state index contributed by atoms with van der Waals surface area (Å²) in [5.74, 6) is 0.499. The highest BCUT2D eigenvalue weighted by Crippen LogP contribution is 2.26. The molecule has 0 spiro atoms. The number of rotatable bonds is 4. The summed E-state index contributed by atoms with van der Waals surface area (Å²) in [6.07, 6.45) is 6.15. The number of nitrogens with one attached hydrogen (secondary N) is 1. The number of allylic oxidation sites excluding steroid dienone is 1. The Hall–Kier alpha value is -2.56. The molecule has 0 amide bonds. The molecule has 0 bridgehead atoms. The van der Waals surface area contributed by atoms with E-state index in [-0.39, 0.29) is 17.4 Å². The second-order valence-electron chi connectivity index (χ2n) is 3.57. The quantitative estimate of drug-likeness (QED) is 0.637. The Morgan fingerprint density at radius 3 is 3.00 bits per heavy atom. The molecule has 0 saturated carbocycles. The van der Waals surface area contributed by atoms with Crippen LogP contribution in [0.4, 0.5) is 0 Å². The third kappa shape index (κ3) is 2.57. The van der Waals surface area contributed by atoms with Gasteiger partial charge in [0.15, 0.2) is 17.3 Å². The molecule has 2 aromatic rings. The predicted octanol–water partition coefficient (Wildman–Crippen LogP) is 2.02. The number of phenols is 1. The van der Waals surface area contributed by atoms with Crippen molar-refractivity contribution in [1.82, 2.24) is 9.97 Å². The van der Waals surface area contributed by atoms with Crippen LogP contribution in [0.15, 0.2) is 36.7 Å². The first-order chi connectivity index (χ1) is 8.70. The van der Waals surface area contributed by atoms with Gasteiger partial charge in [0.2, 0.25) is 5.78 Å².